The minimum Gasteiger partial charge on any atom is -0.477 e. The molecule has 0 spiro atoms. The maximum atomic E-state index is 14.7. The van der Waals surface area contributed by atoms with Crippen LogP contribution in [0.5, 0.6) is 0 Å². The van der Waals surface area contributed by atoms with Gasteiger partial charge in [-0.25, -0.2) is 24.4 Å². The van der Waals surface area contributed by atoms with Gasteiger partial charge in [0.15, 0.2) is 10.1 Å². The van der Waals surface area contributed by atoms with Gasteiger partial charge >= 0.3 is 18.2 Å². The number of aromatic nitrogens is 2. The fourth-order valence-corrected chi connectivity index (χ4v) is 11.5. The van der Waals surface area contributed by atoms with Crippen molar-refractivity contribution >= 4 is 88.1 Å². The number of hydrogen-bond acceptors (Lipinski definition) is 15. The number of anilines is 1. The van der Waals surface area contributed by atoms with Gasteiger partial charge in [-0.15, -0.1) is 23.1 Å². The number of thiazole rings is 1. The molecule has 1 saturated heterocycles. The van der Waals surface area contributed by atoms with Gasteiger partial charge in [-0.3, -0.25) is 19.8 Å². The van der Waals surface area contributed by atoms with Gasteiger partial charge < -0.3 is 30.1 Å². The molecule has 0 bridgehead atoms. The third-order valence-electron chi connectivity index (χ3n) is 9.98. The Labute approximate surface area is 416 Å². The Kier molecular flexibility index (Phi) is 16.1. The van der Waals surface area contributed by atoms with Crippen molar-refractivity contribution in [3.63, 3.8) is 0 Å². The normalized spacial score (nSPS) is 16.2. The number of nitrogens with zero attached hydrogens (tertiary/aromatic N) is 4. The number of β-lactam (4-membered cyclic amide) rings is 1. The predicted molar refractivity (Wildman–Crippen MR) is 269 cm³/mol. The average molecular weight is 1010 g/mol. The molecule has 20 heteroatoms. The second-order valence-corrected chi connectivity index (χ2v) is 21.9. The van der Waals surface area contributed by atoms with E-state index in [4.69, 9.17) is 14.3 Å². The van der Waals surface area contributed by atoms with E-state index >= 15 is 0 Å². The van der Waals surface area contributed by atoms with Crippen LogP contribution >= 0.6 is 46.6 Å². The molecule has 2 aliphatic heterocycles. The van der Waals surface area contributed by atoms with Crippen LogP contribution in [-0.2, 0) is 40.0 Å². The Morgan fingerprint density at radius 2 is 1.41 bits per heavy atom. The second-order valence-electron chi connectivity index (χ2n) is 17.5. The van der Waals surface area contributed by atoms with Crippen LogP contribution in [0.3, 0.4) is 0 Å². The van der Waals surface area contributed by atoms with Crippen molar-refractivity contribution in [1.82, 2.24) is 25.5 Å². The summed E-state index contributed by atoms with van der Waals surface area (Å²) in [5.41, 5.74) is -0.433. The molecular weight excluding hydrogens is 959 g/mol. The number of carbonyl (C=O) groups is 5. The zero-order valence-electron chi connectivity index (χ0n) is 38.6. The van der Waals surface area contributed by atoms with Crippen molar-refractivity contribution in [3.05, 3.63) is 153 Å². The van der Waals surface area contributed by atoms with Gasteiger partial charge in [0.25, 0.3) is 11.8 Å². The number of fused-ring (bicyclic) bond motifs is 1. The molecule has 4 amide bonds. The molecule has 0 saturated carbocycles. The van der Waals surface area contributed by atoms with Crippen molar-refractivity contribution < 1.29 is 43.4 Å². The molecular formula is C49H51N7O9S4. The SMILES string of the molecule is CC(C)(C)OC(=O)NCCSCc1csc(SC2=C(C(=O)O)N3C(=O)[C@@H](NC(=O)/C(=N\OC(c4ccccc4)(c4ccccc4)c4ccccc4)c4cccc(NC(=O)OC(C)(C)C)n4)[C@@H]3SC2)n1. The fraction of sp³-hybridized carbons (Fsp3) is 0.306. The zero-order valence-corrected chi connectivity index (χ0v) is 41.9. The Hall–Kier alpha value is -6.35. The molecule has 16 nitrogen and oxygen atoms in total. The Balaban J connectivity index is 1.14. The van der Waals surface area contributed by atoms with Crippen LogP contribution in [0.2, 0.25) is 0 Å². The van der Waals surface area contributed by atoms with E-state index in [2.05, 4.69) is 31.1 Å². The lowest BCUT2D eigenvalue weighted by molar-refractivity contribution is -0.150. The quantitative estimate of drug-likeness (QED) is 0.0226. The molecule has 69 heavy (non-hydrogen) atoms. The number of ether oxygens (including phenoxy) is 2. The second kappa shape index (κ2) is 21.9. The van der Waals surface area contributed by atoms with E-state index in [0.717, 1.165) is 5.69 Å². The average Bonchev–Trinajstić information content (AvgIpc) is 3.75. The smallest absolute Gasteiger partial charge is 0.413 e. The van der Waals surface area contributed by atoms with Crippen LogP contribution in [-0.4, -0.2) is 96.3 Å². The third kappa shape index (κ3) is 12.7. The number of aliphatic carboxylic acids is 1. The van der Waals surface area contributed by atoms with Crippen LogP contribution in [0.1, 0.15) is 69.6 Å². The summed E-state index contributed by atoms with van der Waals surface area (Å²) in [6.45, 7) is 11.0. The minimum atomic E-state index is -1.41. The topological polar surface area (TPSA) is 211 Å². The number of carbonyl (C=O) groups excluding carboxylic acids is 4. The lowest BCUT2D eigenvalue weighted by atomic mass is 9.80. The van der Waals surface area contributed by atoms with Crippen LogP contribution < -0.4 is 16.0 Å². The number of rotatable bonds is 17. The molecule has 3 aromatic carbocycles. The number of amides is 4. The maximum absolute atomic E-state index is 14.7. The van der Waals surface area contributed by atoms with Crippen LogP contribution in [0, 0.1) is 0 Å². The monoisotopic (exact) mass is 1010 g/mol. The standard InChI is InChI=1S/C49H51N7O9S4/c1-47(2,3)63-44(61)50-25-26-66-27-33-28-68-46(51-33)69-35-29-67-42-38(41(58)56(42)39(35)43(59)60)54-40(57)37(34-23-16-24-36(52-34)53-45(62)64-48(4,5)6)55-65-49(30-17-10-7-11-18-30,31-19-12-8-13-20-31)32-21-14-9-15-22-32/h7-24,28,38,42H,25-27,29H2,1-6H3,(H,50,61)(H,54,57)(H,59,60)(H,52,53,62)/b55-37-/t38-,42+/m1/s1. The molecule has 5 aromatic rings. The van der Waals surface area contributed by atoms with Gasteiger partial charge in [0.1, 0.15) is 39.8 Å². The van der Waals surface area contributed by atoms with Crippen molar-refractivity contribution in [3.8, 4) is 0 Å². The highest BCUT2D eigenvalue weighted by Gasteiger charge is 2.55. The summed E-state index contributed by atoms with van der Waals surface area (Å²) in [7, 11) is 0. The van der Waals surface area contributed by atoms with Crippen LogP contribution in [0.15, 0.2) is 135 Å². The molecule has 0 aliphatic carbocycles. The number of carboxylic acids is 1. The summed E-state index contributed by atoms with van der Waals surface area (Å²) >= 11 is 5.43. The van der Waals surface area contributed by atoms with Gasteiger partial charge in [-0.2, -0.15) is 11.8 Å². The molecule has 0 radical (unpaired) electrons. The first kappa shape index (κ1) is 50.5. The molecule has 2 aliphatic rings. The highest BCUT2D eigenvalue weighted by Crippen LogP contribution is 2.46. The lowest BCUT2D eigenvalue weighted by Gasteiger charge is -2.49. The zero-order chi connectivity index (χ0) is 49.3. The van der Waals surface area contributed by atoms with Crippen molar-refractivity contribution in [2.75, 3.05) is 23.4 Å². The van der Waals surface area contributed by atoms with Crippen LogP contribution in [0.25, 0.3) is 0 Å². The minimum absolute atomic E-state index is 0.00689. The number of pyridine rings is 1. The Morgan fingerprint density at radius 1 is 0.812 bits per heavy atom. The van der Waals surface area contributed by atoms with Crippen LogP contribution in [0.4, 0.5) is 15.4 Å². The van der Waals surface area contributed by atoms with Gasteiger partial charge in [0, 0.05) is 50.8 Å². The van der Waals surface area contributed by atoms with Gasteiger partial charge in [-0.05, 0) is 53.7 Å². The van der Waals surface area contributed by atoms with Gasteiger partial charge in [0.05, 0.1) is 5.69 Å². The van der Waals surface area contributed by atoms with E-state index in [-0.39, 0.29) is 28.7 Å². The number of benzene rings is 3. The molecule has 4 heterocycles. The number of carboxylic acid groups (broad SMARTS) is 1. The first-order valence-corrected chi connectivity index (χ1v) is 25.6. The molecule has 360 valence electrons. The molecule has 2 atom stereocenters. The highest BCUT2D eigenvalue weighted by atomic mass is 32.2. The van der Waals surface area contributed by atoms with E-state index in [9.17, 15) is 29.1 Å². The van der Waals surface area contributed by atoms with E-state index < -0.39 is 58.2 Å². The number of thioether (sulfide) groups is 3. The summed E-state index contributed by atoms with van der Waals surface area (Å²) in [6, 6.07) is 31.7. The largest absolute Gasteiger partial charge is 0.477 e. The summed E-state index contributed by atoms with van der Waals surface area (Å²) in [6.07, 6.45) is -1.25. The van der Waals surface area contributed by atoms with Crippen molar-refractivity contribution in [2.24, 2.45) is 5.16 Å². The summed E-state index contributed by atoms with van der Waals surface area (Å²) in [4.78, 5) is 84.0. The molecule has 2 aromatic heterocycles. The van der Waals surface area contributed by atoms with E-state index in [1.165, 1.54) is 51.9 Å². The number of oxime groups is 1. The summed E-state index contributed by atoms with van der Waals surface area (Å²) < 4.78 is 11.3. The molecule has 1 fully saturated rings. The lowest BCUT2D eigenvalue weighted by Crippen LogP contribution is -2.71. The van der Waals surface area contributed by atoms with E-state index in [1.807, 2.05) is 96.4 Å². The van der Waals surface area contributed by atoms with Gasteiger partial charge in [0.2, 0.25) is 5.60 Å². The number of alkyl carbamates (subject to hydrolysis) is 1. The van der Waals surface area contributed by atoms with Gasteiger partial charge in [-0.1, -0.05) is 114 Å². The summed E-state index contributed by atoms with van der Waals surface area (Å²) in [5.74, 6) is -1.28. The molecule has 4 N–H and O–H groups in total. The van der Waals surface area contributed by atoms with Crippen molar-refractivity contribution in [2.45, 2.75) is 79.9 Å². The molecule has 0 unspecified atom stereocenters. The molecule has 7 rings (SSSR count). The van der Waals surface area contributed by atoms with Crippen molar-refractivity contribution in [1.29, 1.82) is 0 Å². The number of hydrogen-bond donors (Lipinski definition) is 4. The first-order valence-electron chi connectivity index (χ1n) is 21.7. The van der Waals surface area contributed by atoms with E-state index in [0.29, 0.717) is 44.0 Å². The first-order chi connectivity index (χ1) is 32.9. The van der Waals surface area contributed by atoms with E-state index in [1.54, 1.807) is 59.4 Å². The third-order valence-corrected chi connectivity index (χ3v) is 14.5. The maximum Gasteiger partial charge on any atom is 0.413 e. The Morgan fingerprint density at radius 3 is 1.99 bits per heavy atom. The predicted octanol–water partition coefficient (Wildman–Crippen LogP) is 8.84. The fourth-order valence-electron chi connectivity index (χ4n) is 7.14. The Bertz CT molecular complexity index is 2630. The number of nitrogens with one attached hydrogen (secondary N) is 3. The summed E-state index contributed by atoms with van der Waals surface area (Å²) in [5, 5.41) is 24.3. The highest BCUT2D eigenvalue weighted by molar-refractivity contribution is 8.07.